The Morgan fingerprint density at radius 1 is 1.32 bits per heavy atom. The summed E-state index contributed by atoms with van der Waals surface area (Å²) in [6.07, 6.45) is 4.01. The highest BCUT2D eigenvalue weighted by Crippen LogP contribution is 2.28. The summed E-state index contributed by atoms with van der Waals surface area (Å²) in [6.45, 7) is 2.43. The van der Waals surface area contributed by atoms with Gasteiger partial charge in [-0.15, -0.1) is 0 Å². The highest BCUT2D eigenvalue weighted by molar-refractivity contribution is 5.88. The first-order valence-electron chi connectivity index (χ1n) is 6.55. The van der Waals surface area contributed by atoms with Crippen LogP contribution >= 0.6 is 0 Å². The molecule has 5 heteroatoms. The Labute approximate surface area is 110 Å². The number of nitrogens with zero attached hydrogens (tertiary/aromatic N) is 2. The number of hydrogen-bond acceptors (Lipinski definition) is 3. The second-order valence-corrected chi connectivity index (χ2v) is 5.00. The molecule has 19 heavy (non-hydrogen) atoms. The van der Waals surface area contributed by atoms with Crippen LogP contribution in [0.4, 0.5) is 5.69 Å². The lowest BCUT2D eigenvalue weighted by atomic mass is 10.0. The van der Waals surface area contributed by atoms with Crippen molar-refractivity contribution in [2.75, 3.05) is 13.2 Å². The summed E-state index contributed by atoms with van der Waals surface area (Å²) in [5.74, 6) is 0.546. The molecule has 1 aliphatic heterocycles. The average Bonchev–Trinajstić information content (AvgIpc) is 2.83. The third-order valence-corrected chi connectivity index (χ3v) is 3.76. The lowest BCUT2D eigenvalue weighted by Gasteiger charge is -2.22. The van der Waals surface area contributed by atoms with Crippen molar-refractivity contribution < 1.29 is 9.66 Å². The van der Waals surface area contributed by atoms with Crippen LogP contribution in [0.2, 0.25) is 0 Å². The van der Waals surface area contributed by atoms with Crippen molar-refractivity contribution in [3.8, 4) is 0 Å². The summed E-state index contributed by atoms with van der Waals surface area (Å²) < 4.78 is 7.37. The maximum absolute atomic E-state index is 11.1. The molecule has 0 atom stereocenters. The van der Waals surface area contributed by atoms with Gasteiger partial charge in [-0.1, -0.05) is 12.1 Å². The van der Waals surface area contributed by atoms with Gasteiger partial charge >= 0.3 is 0 Å². The Hall–Kier alpha value is -1.88. The smallest absolute Gasteiger partial charge is 0.293 e. The zero-order valence-electron chi connectivity index (χ0n) is 10.6. The van der Waals surface area contributed by atoms with E-state index in [1.54, 1.807) is 12.1 Å². The van der Waals surface area contributed by atoms with Crippen molar-refractivity contribution >= 4 is 16.6 Å². The molecule has 1 saturated heterocycles. The normalized spacial score (nSPS) is 16.8. The Morgan fingerprint density at radius 3 is 2.84 bits per heavy atom. The molecule has 0 saturated carbocycles. The molecule has 1 aromatic heterocycles. The van der Waals surface area contributed by atoms with Gasteiger partial charge in [0.25, 0.3) is 5.69 Å². The fourth-order valence-corrected chi connectivity index (χ4v) is 2.75. The topological polar surface area (TPSA) is 57.3 Å². The number of aromatic nitrogens is 1. The Bertz CT molecular complexity index is 600. The van der Waals surface area contributed by atoms with Gasteiger partial charge in [0.05, 0.1) is 4.92 Å². The molecular weight excluding hydrogens is 244 g/mol. The summed E-state index contributed by atoms with van der Waals surface area (Å²) >= 11 is 0. The number of para-hydroxylation sites is 1. The van der Waals surface area contributed by atoms with E-state index in [9.17, 15) is 10.1 Å². The zero-order valence-corrected chi connectivity index (χ0v) is 10.6. The molecule has 0 N–H and O–H groups in total. The van der Waals surface area contributed by atoms with Crippen molar-refractivity contribution in [3.63, 3.8) is 0 Å². The minimum atomic E-state index is -0.303. The number of non-ortho nitro benzene ring substituents is 1. The lowest BCUT2D eigenvalue weighted by molar-refractivity contribution is -0.383. The van der Waals surface area contributed by atoms with Gasteiger partial charge in [-0.2, -0.15) is 0 Å². The molecule has 0 unspecified atom stereocenters. The molecule has 3 rings (SSSR count). The first kappa shape index (κ1) is 12.2. The van der Waals surface area contributed by atoms with E-state index in [1.165, 1.54) is 0 Å². The van der Waals surface area contributed by atoms with Gasteiger partial charge in [0.2, 0.25) is 0 Å². The van der Waals surface area contributed by atoms with Gasteiger partial charge < -0.3 is 9.30 Å². The number of rotatable bonds is 3. The van der Waals surface area contributed by atoms with E-state index in [0.29, 0.717) is 5.92 Å². The number of nitro groups is 1. The van der Waals surface area contributed by atoms with Crippen LogP contribution in [-0.2, 0) is 11.3 Å². The molecule has 100 valence electrons. The second kappa shape index (κ2) is 5.01. The predicted molar refractivity (Wildman–Crippen MR) is 72.1 cm³/mol. The highest BCUT2D eigenvalue weighted by atomic mass is 16.6. The van der Waals surface area contributed by atoms with Crippen LogP contribution in [0.5, 0.6) is 0 Å². The SMILES string of the molecule is O=[N+]([O-])c1cccc2ccn(CC3CCOCC3)c12. The molecule has 1 fully saturated rings. The maximum atomic E-state index is 11.1. The van der Waals surface area contributed by atoms with E-state index in [1.807, 2.05) is 22.9 Å². The van der Waals surface area contributed by atoms with E-state index < -0.39 is 0 Å². The van der Waals surface area contributed by atoms with Crippen LogP contribution in [0.3, 0.4) is 0 Å². The minimum Gasteiger partial charge on any atom is -0.381 e. The van der Waals surface area contributed by atoms with Crippen molar-refractivity contribution in [1.29, 1.82) is 0 Å². The zero-order chi connectivity index (χ0) is 13.2. The van der Waals surface area contributed by atoms with E-state index in [4.69, 9.17) is 4.74 Å². The molecular formula is C14H16N2O3. The minimum absolute atomic E-state index is 0.189. The van der Waals surface area contributed by atoms with Crippen LogP contribution in [-0.4, -0.2) is 22.7 Å². The summed E-state index contributed by atoms with van der Waals surface area (Å²) in [5, 5.41) is 12.1. The Balaban J connectivity index is 1.96. The van der Waals surface area contributed by atoms with Gasteiger partial charge in [-0.05, 0) is 24.8 Å². The molecule has 5 nitrogen and oxygen atoms in total. The molecule has 0 aliphatic carbocycles. The number of nitro benzene ring substituents is 1. The third-order valence-electron chi connectivity index (χ3n) is 3.76. The summed E-state index contributed by atoms with van der Waals surface area (Å²) in [6, 6.07) is 7.17. The molecule has 0 spiro atoms. The quantitative estimate of drug-likeness (QED) is 0.629. The summed E-state index contributed by atoms with van der Waals surface area (Å²) in [7, 11) is 0. The molecule has 0 radical (unpaired) electrons. The number of ether oxygens (including phenoxy) is 1. The Morgan fingerprint density at radius 2 is 2.11 bits per heavy atom. The van der Waals surface area contributed by atoms with Crippen LogP contribution < -0.4 is 0 Å². The van der Waals surface area contributed by atoms with Crippen molar-refractivity contribution in [1.82, 2.24) is 4.57 Å². The van der Waals surface area contributed by atoms with E-state index >= 15 is 0 Å². The van der Waals surface area contributed by atoms with E-state index in [2.05, 4.69) is 0 Å². The van der Waals surface area contributed by atoms with E-state index in [-0.39, 0.29) is 10.6 Å². The summed E-state index contributed by atoms with van der Waals surface area (Å²) in [4.78, 5) is 10.8. The second-order valence-electron chi connectivity index (χ2n) is 5.00. The van der Waals surface area contributed by atoms with Crippen LogP contribution in [0.1, 0.15) is 12.8 Å². The van der Waals surface area contributed by atoms with Crippen molar-refractivity contribution in [3.05, 3.63) is 40.6 Å². The fourth-order valence-electron chi connectivity index (χ4n) is 2.75. The van der Waals surface area contributed by atoms with Gasteiger partial charge in [-0.3, -0.25) is 10.1 Å². The number of benzene rings is 1. The van der Waals surface area contributed by atoms with Crippen LogP contribution in [0.25, 0.3) is 10.9 Å². The third kappa shape index (κ3) is 2.33. The number of fused-ring (bicyclic) bond motifs is 1. The molecule has 0 amide bonds. The van der Waals surface area contributed by atoms with Crippen molar-refractivity contribution in [2.45, 2.75) is 19.4 Å². The predicted octanol–water partition coefficient (Wildman–Crippen LogP) is 2.98. The standard InChI is InChI=1S/C14H16N2O3/c17-16(18)13-3-1-2-12-4-7-15(14(12)13)10-11-5-8-19-9-6-11/h1-4,7,11H,5-6,8-10H2. The van der Waals surface area contributed by atoms with Crippen LogP contribution in [0.15, 0.2) is 30.5 Å². The summed E-state index contributed by atoms with van der Waals surface area (Å²) in [5.41, 5.74) is 0.925. The van der Waals surface area contributed by atoms with Gasteiger partial charge in [-0.25, -0.2) is 0 Å². The Kier molecular flexibility index (Phi) is 3.21. The monoisotopic (exact) mass is 260 g/mol. The fraction of sp³-hybridized carbons (Fsp3) is 0.429. The largest absolute Gasteiger partial charge is 0.381 e. The first-order valence-corrected chi connectivity index (χ1v) is 6.55. The molecule has 0 bridgehead atoms. The first-order chi connectivity index (χ1) is 9.25. The maximum Gasteiger partial charge on any atom is 0.293 e. The molecule has 2 aromatic rings. The van der Waals surface area contributed by atoms with Gasteiger partial charge in [0.15, 0.2) is 0 Å². The average molecular weight is 260 g/mol. The molecule has 1 aromatic carbocycles. The van der Waals surface area contributed by atoms with E-state index in [0.717, 1.165) is 43.5 Å². The van der Waals surface area contributed by atoms with Gasteiger partial charge in [0, 0.05) is 37.4 Å². The van der Waals surface area contributed by atoms with Crippen molar-refractivity contribution in [2.24, 2.45) is 5.92 Å². The van der Waals surface area contributed by atoms with Crippen LogP contribution in [0, 0.1) is 16.0 Å². The number of hydrogen-bond donors (Lipinski definition) is 0. The highest BCUT2D eigenvalue weighted by Gasteiger charge is 2.19. The van der Waals surface area contributed by atoms with Gasteiger partial charge in [0.1, 0.15) is 5.52 Å². The lowest BCUT2D eigenvalue weighted by Crippen LogP contribution is -2.20. The molecule has 1 aliphatic rings. The molecule has 2 heterocycles.